The molecule has 0 spiro atoms. The molecule has 0 aliphatic rings. The average molecular weight is 501 g/mol. The van der Waals surface area contributed by atoms with E-state index in [2.05, 4.69) is 30.8 Å². The Morgan fingerprint density at radius 2 is 1.94 bits per heavy atom. The van der Waals surface area contributed by atoms with E-state index in [1.807, 2.05) is 20.0 Å². The zero-order valence-electron chi connectivity index (χ0n) is 19.7. The van der Waals surface area contributed by atoms with Crippen LogP contribution in [0.15, 0.2) is 43.2 Å². The van der Waals surface area contributed by atoms with Gasteiger partial charge in [-0.2, -0.15) is 10.2 Å². The van der Waals surface area contributed by atoms with Crippen LogP contribution in [0.2, 0.25) is 5.02 Å². The molecule has 0 unspecified atom stereocenters. The molecule has 1 amide bonds. The van der Waals surface area contributed by atoms with E-state index in [0.717, 1.165) is 0 Å². The summed E-state index contributed by atoms with van der Waals surface area (Å²) in [5.41, 5.74) is 1.41. The van der Waals surface area contributed by atoms with Gasteiger partial charge in [0.1, 0.15) is 6.17 Å². The summed E-state index contributed by atoms with van der Waals surface area (Å²) in [5, 5.41) is 24.6. The third-order valence-corrected chi connectivity index (χ3v) is 5.56. The maximum absolute atomic E-state index is 14.2. The molecule has 184 valence electrons. The Kier molecular flexibility index (Phi) is 6.73. The second-order valence-corrected chi connectivity index (χ2v) is 9.41. The summed E-state index contributed by atoms with van der Waals surface area (Å²) >= 11 is 6.01. The monoisotopic (exact) mass is 500 g/mol. The molecular weight excluding hydrogens is 475 g/mol. The molecule has 0 bridgehead atoms. The van der Waals surface area contributed by atoms with Crippen LogP contribution in [-0.4, -0.2) is 58.7 Å². The van der Waals surface area contributed by atoms with Crippen molar-refractivity contribution >= 4 is 34.5 Å². The molecule has 0 aliphatic carbocycles. The number of nitrogens with zero attached hydrogens (tertiary/aromatic N) is 6. The Labute approximate surface area is 206 Å². The lowest BCUT2D eigenvalue weighted by molar-refractivity contribution is -0.00177. The molecule has 4 aromatic heterocycles. The van der Waals surface area contributed by atoms with Crippen molar-refractivity contribution in [2.24, 2.45) is 0 Å². The molecule has 0 fully saturated rings. The summed E-state index contributed by atoms with van der Waals surface area (Å²) < 4.78 is 17.5. The van der Waals surface area contributed by atoms with Gasteiger partial charge < -0.3 is 15.7 Å². The number of hydrogen-bond donors (Lipinski definition) is 3. The molecule has 0 saturated carbocycles. The summed E-state index contributed by atoms with van der Waals surface area (Å²) in [4.78, 5) is 21.7. The molecule has 0 aromatic carbocycles. The number of nitrogens with one attached hydrogen (secondary N) is 2. The van der Waals surface area contributed by atoms with Crippen LogP contribution in [0.1, 0.15) is 44.1 Å². The van der Waals surface area contributed by atoms with Gasteiger partial charge >= 0.3 is 0 Å². The molecule has 1 atom stereocenters. The highest BCUT2D eigenvalue weighted by Crippen LogP contribution is 2.29. The largest absolute Gasteiger partial charge is 0.387 e. The highest BCUT2D eigenvalue weighted by molar-refractivity contribution is 6.30. The number of aromatic nitrogens is 6. The van der Waals surface area contributed by atoms with Crippen LogP contribution in [0.4, 0.5) is 15.8 Å². The third kappa shape index (κ3) is 5.41. The molecule has 0 radical (unpaired) electrons. The van der Waals surface area contributed by atoms with E-state index in [-0.39, 0.29) is 18.2 Å². The second-order valence-electron chi connectivity index (χ2n) is 8.97. The van der Waals surface area contributed by atoms with Gasteiger partial charge in [0.15, 0.2) is 5.65 Å². The number of anilines is 2. The number of rotatable bonds is 8. The van der Waals surface area contributed by atoms with Crippen molar-refractivity contribution in [1.82, 2.24) is 34.7 Å². The quantitative estimate of drug-likeness (QED) is 0.336. The van der Waals surface area contributed by atoms with Crippen molar-refractivity contribution in [3.8, 4) is 11.3 Å². The number of carbonyl (C=O) groups is 1. The van der Waals surface area contributed by atoms with Crippen LogP contribution >= 0.6 is 11.6 Å². The van der Waals surface area contributed by atoms with Crippen LogP contribution < -0.4 is 10.6 Å². The van der Waals surface area contributed by atoms with Gasteiger partial charge in [-0.1, -0.05) is 11.6 Å². The van der Waals surface area contributed by atoms with Crippen molar-refractivity contribution in [2.45, 2.75) is 45.5 Å². The van der Waals surface area contributed by atoms with Gasteiger partial charge in [-0.3, -0.25) is 14.5 Å². The van der Waals surface area contributed by atoms with Crippen LogP contribution in [0, 0.1) is 0 Å². The van der Waals surface area contributed by atoms with E-state index in [0.29, 0.717) is 33.3 Å². The topological polar surface area (TPSA) is 122 Å². The highest BCUT2D eigenvalue weighted by Gasteiger charge is 2.27. The highest BCUT2D eigenvalue weighted by atomic mass is 35.5. The Morgan fingerprint density at radius 1 is 1.17 bits per heavy atom. The van der Waals surface area contributed by atoms with Gasteiger partial charge in [0.25, 0.3) is 5.91 Å². The minimum atomic E-state index is -1.64. The first-order chi connectivity index (χ1) is 16.5. The van der Waals surface area contributed by atoms with Crippen molar-refractivity contribution < 1.29 is 14.3 Å². The Hall–Kier alpha value is -3.57. The first-order valence-electron chi connectivity index (χ1n) is 11.0. The summed E-state index contributed by atoms with van der Waals surface area (Å²) in [6.45, 7) is 6.34. The van der Waals surface area contributed by atoms with E-state index in [1.165, 1.54) is 30.8 Å². The smallest absolute Gasteiger partial charge is 0.255 e. The number of amides is 1. The number of pyridine rings is 1. The van der Waals surface area contributed by atoms with Gasteiger partial charge in [-0.25, -0.2) is 13.9 Å². The van der Waals surface area contributed by atoms with Crippen LogP contribution in [-0.2, 0) is 0 Å². The van der Waals surface area contributed by atoms with Gasteiger partial charge in [-0.05, 0) is 33.8 Å². The predicted molar refractivity (Wildman–Crippen MR) is 131 cm³/mol. The number of aliphatic hydroxyl groups is 1. The van der Waals surface area contributed by atoms with Gasteiger partial charge in [0.2, 0.25) is 0 Å². The minimum absolute atomic E-state index is 0.154. The molecule has 4 aromatic rings. The van der Waals surface area contributed by atoms with E-state index in [4.69, 9.17) is 11.6 Å². The van der Waals surface area contributed by atoms with Crippen molar-refractivity contribution in [3.63, 3.8) is 0 Å². The number of fused-ring (bicyclic) bond motifs is 1. The molecule has 35 heavy (non-hydrogen) atoms. The molecule has 4 heterocycles. The van der Waals surface area contributed by atoms with E-state index in [1.54, 1.807) is 29.3 Å². The van der Waals surface area contributed by atoms with Gasteiger partial charge in [-0.15, -0.1) is 0 Å². The normalized spacial score (nSPS) is 12.8. The average Bonchev–Trinajstić information content (AvgIpc) is 3.43. The molecule has 10 nitrogen and oxygen atoms in total. The lowest BCUT2D eigenvalue weighted by Crippen LogP contribution is -2.42. The summed E-state index contributed by atoms with van der Waals surface area (Å²) in [6.07, 6.45) is 7.97. The van der Waals surface area contributed by atoms with Crippen molar-refractivity contribution in [2.75, 3.05) is 11.9 Å². The third-order valence-electron chi connectivity index (χ3n) is 5.37. The maximum Gasteiger partial charge on any atom is 0.255 e. The summed E-state index contributed by atoms with van der Waals surface area (Å²) in [6, 6.07) is 1.85. The van der Waals surface area contributed by atoms with E-state index in [9.17, 15) is 14.3 Å². The maximum atomic E-state index is 14.2. The van der Waals surface area contributed by atoms with E-state index >= 15 is 0 Å². The van der Waals surface area contributed by atoms with Crippen molar-refractivity contribution in [1.29, 1.82) is 0 Å². The van der Waals surface area contributed by atoms with Gasteiger partial charge in [0.05, 0.1) is 64.0 Å². The zero-order chi connectivity index (χ0) is 25.3. The Morgan fingerprint density at radius 3 is 2.63 bits per heavy atom. The molecule has 0 aliphatic heterocycles. The molecule has 12 heteroatoms. The Bertz CT molecular complexity index is 1360. The molecule has 3 N–H and O–H groups in total. The number of carbonyl (C=O) groups excluding carboxylic acids is 1. The fourth-order valence-corrected chi connectivity index (χ4v) is 3.43. The molecule has 4 rings (SSSR count). The molecule has 0 saturated heterocycles. The first-order valence-corrected chi connectivity index (χ1v) is 11.4. The first kappa shape index (κ1) is 24.6. The summed E-state index contributed by atoms with van der Waals surface area (Å²) in [5.74, 6) is -0.542. The lowest BCUT2D eigenvalue weighted by Gasteiger charge is -2.22. The summed E-state index contributed by atoms with van der Waals surface area (Å²) in [7, 11) is 0. The predicted octanol–water partition coefficient (Wildman–Crippen LogP) is 3.80. The van der Waals surface area contributed by atoms with Gasteiger partial charge in [0, 0.05) is 24.6 Å². The van der Waals surface area contributed by atoms with Crippen molar-refractivity contribution in [3.05, 3.63) is 53.8 Å². The minimum Gasteiger partial charge on any atom is -0.387 e. The van der Waals surface area contributed by atoms with E-state index < -0.39 is 17.7 Å². The fourth-order valence-electron chi connectivity index (χ4n) is 3.29. The van der Waals surface area contributed by atoms with Crippen LogP contribution in [0.3, 0.4) is 0 Å². The zero-order valence-corrected chi connectivity index (χ0v) is 20.5. The lowest BCUT2D eigenvalue weighted by atomic mass is 10.0. The number of hydrogen-bond acceptors (Lipinski definition) is 7. The SMILES string of the molecule is CC(C)n1cc(Nc2cc(-c3cnn4cc(Cl)cnc34)ncc2C(=O)NC[C@@H](F)C(C)(C)O)cn1. The molecular formula is C23H26ClFN8O2. The number of alkyl halides is 1. The van der Waals surface area contributed by atoms with Crippen LogP contribution in [0.25, 0.3) is 16.9 Å². The standard InChI is InChI=1S/C23H26ClFN8O2/c1-13(2)32-12-15(7-29-32)31-19-5-18(16-9-30-33-11-14(24)6-27-21(16)33)26-8-17(19)22(34)28-10-20(25)23(3,4)35/h5-9,11-13,20,35H,10H2,1-4H3,(H,26,31)(H,28,34)/t20-/m1/s1. The van der Waals surface area contributed by atoms with Crippen LogP contribution in [0.5, 0.6) is 0 Å². The number of halogens is 2. The fraction of sp³-hybridized carbons (Fsp3) is 0.348. The Balaban J connectivity index is 1.70. The second kappa shape index (κ2) is 9.59.